The molecule has 1 fully saturated rings. The maximum absolute atomic E-state index is 13.6. The molecule has 2 aliphatic rings. The lowest BCUT2D eigenvalue weighted by Gasteiger charge is -2.36. The minimum Gasteiger partial charge on any atom is -0.495 e. The predicted molar refractivity (Wildman–Crippen MR) is 151 cm³/mol. The predicted octanol–water partition coefficient (Wildman–Crippen LogP) is 3.74. The number of nitrogens with one attached hydrogen (secondary N) is 1. The van der Waals surface area contributed by atoms with Crippen LogP contribution in [0.5, 0.6) is 5.75 Å². The van der Waals surface area contributed by atoms with Gasteiger partial charge in [-0.3, -0.25) is 15.0 Å². The lowest BCUT2D eigenvalue weighted by molar-refractivity contribution is -0.385. The number of piperazine rings is 1. The molecule has 2 aromatic carbocycles. The maximum atomic E-state index is 13.6. The van der Waals surface area contributed by atoms with E-state index in [1.54, 1.807) is 39.2 Å². The van der Waals surface area contributed by atoms with Gasteiger partial charge in [-0.2, -0.15) is 0 Å². The average molecular weight is 561 g/mol. The van der Waals surface area contributed by atoms with Crippen molar-refractivity contribution in [2.75, 3.05) is 51.3 Å². The third kappa shape index (κ3) is 5.78. The minimum atomic E-state index is -0.838. The van der Waals surface area contributed by atoms with Crippen LogP contribution in [0.25, 0.3) is 5.57 Å². The number of hydrogen-bond donors (Lipinski definition) is 1. The van der Waals surface area contributed by atoms with Crippen LogP contribution in [0.2, 0.25) is 0 Å². The summed E-state index contributed by atoms with van der Waals surface area (Å²) in [7, 11) is 1.67. The number of esters is 1. The summed E-state index contributed by atoms with van der Waals surface area (Å²) in [6.45, 7) is 7.54. The van der Waals surface area contributed by atoms with Crippen molar-refractivity contribution in [3.8, 4) is 5.75 Å². The zero-order chi connectivity index (χ0) is 28.9. The number of hydrogen-bond acceptors (Lipinski definition) is 11. The van der Waals surface area contributed by atoms with Gasteiger partial charge in [0.25, 0.3) is 5.69 Å². The summed E-state index contributed by atoms with van der Waals surface area (Å²) >= 11 is 0. The van der Waals surface area contributed by atoms with Crippen molar-refractivity contribution in [2.24, 2.45) is 0 Å². The molecule has 2 aliphatic heterocycles. The van der Waals surface area contributed by atoms with Gasteiger partial charge < -0.3 is 24.1 Å². The number of nitro groups is 1. The van der Waals surface area contributed by atoms with Gasteiger partial charge in [0, 0.05) is 61.3 Å². The number of anilines is 1. The summed E-state index contributed by atoms with van der Waals surface area (Å²) < 4.78 is 16.8. The Bertz CT molecular complexity index is 1480. The van der Waals surface area contributed by atoms with Crippen LogP contribution in [0, 0.1) is 10.1 Å². The molecule has 0 saturated carbocycles. The van der Waals surface area contributed by atoms with Gasteiger partial charge in [0.05, 0.1) is 29.2 Å². The summed E-state index contributed by atoms with van der Waals surface area (Å²) in [5.74, 6) is -0.383. The van der Waals surface area contributed by atoms with E-state index in [1.165, 1.54) is 12.5 Å². The van der Waals surface area contributed by atoms with Crippen molar-refractivity contribution in [1.82, 2.24) is 20.4 Å². The molecule has 0 aliphatic carbocycles. The van der Waals surface area contributed by atoms with Gasteiger partial charge in [-0.25, -0.2) is 4.79 Å². The number of rotatable bonds is 9. The van der Waals surface area contributed by atoms with E-state index in [4.69, 9.17) is 13.9 Å². The molecule has 1 unspecified atom stereocenters. The molecule has 1 N–H and O–H groups in total. The van der Waals surface area contributed by atoms with Gasteiger partial charge in [-0.05, 0) is 26.0 Å². The normalized spacial score (nSPS) is 17.8. The number of nitrogens with zero attached hydrogens (tertiary/aromatic N) is 5. The van der Waals surface area contributed by atoms with Gasteiger partial charge >= 0.3 is 5.97 Å². The summed E-state index contributed by atoms with van der Waals surface area (Å²) in [5.41, 5.74) is 3.24. The Hall–Kier alpha value is -4.71. The number of nitro benzene ring substituents is 1. The Morgan fingerprint density at radius 3 is 2.54 bits per heavy atom. The molecule has 0 amide bonds. The number of dihydropyridines is 1. The van der Waals surface area contributed by atoms with Crippen LogP contribution >= 0.6 is 0 Å². The van der Waals surface area contributed by atoms with Crippen molar-refractivity contribution in [1.29, 1.82) is 0 Å². The molecular weight excluding hydrogens is 528 g/mol. The molecule has 1 aromatic heterocycles. The van der Waals surface area contributed by atoms with Gasteiger partial charge in [0.1, 0.15) is 12.4 Å². The van der Waals surface area contributed by atoms with E-state index in [9.17, 15) is 14.9 Å². The Morgan fingerprint density at radius 1 is 1.10 bits per heavy atom. The fourth-order valence-corrected chi connectivity index (χ4v) is 5.50. The molecule has 41 heavy (non-hydrogen) atoms. The van der Waals surface area contributed by atoms with Crippen LogP contribution in [-0.4, -0.2) is 72.4 Å². The SMILES string of the molecule is COc1ccccc1N1CCN(CCOC(=O)C2=C(C)NC(C)=C(c3nnco3)C2c2ccccc2[N+](=O)[O-])CC1. The molecule has 3 heterocycles. The molecule has 3 aromatic rings. The van der Waals surface area contributed by atoms with E-state index in [-0.39, 0.29) is 23.8 Å². The first kappa shape index (κ1) is 27.8. The lowest BCUT2D eigenvalue weighted by Crippen LogP contribution is -2.47. The molecule has 0 bridgehead atoms. The van der Waals surface area contributed by atoms with E-state index in [2.05, 4.69) is 31.4 Å². The third-order valence-corrected chi connectivity index (χ3v) is 7.45. The second-order valence-corrected chi connectivity index (χ2v) is 9.83. The van der Waals surface area contributed by atoms with Crippen LogP contribution < -0.4 is 15.0 Å². The van der Waals surface area contributed by atoms with Crippen molar-refractivity contribution in [3.05, 3.63) is 93.5 Å². The summed E-state index contributed by atoms with van der Waals surface area (Å²) in [6.07, 6.45) is 1.18. The summed E-state index contributed by atoms with van der Waals surface area (Å²) in [6, 6.07) is 14.3. The molecule has 0 radical (unpaired) electrons. The summed E-state index contributed by atoms with van der Waals surface area (Å²) in [5, 5.41) is 23.0. The molecule has 1 atom stereocenters. The first-order valence-corrected chi connectivity index (χ1v) is 13.3. The van der Waals surface area contributed by atoms with Crippen LogP contribution in [0.4, 0.5) is 11.4 Å². The van der Waals surface area contributed by atoms with Gasteiger partial charge in [-0.15, -0.1) is 10.2 Å². The number of para-hydroxylation sites is 3. The number of carbonyl (C=O) groups excluding carboxylic acids is 1. The van der Waals surface area contributed by atoms with Crippen molar-refractivity contribution in [2.45, 2.75) is 19.8 Å². The van der Waals surface area contributed by atoms with E-state index < -0.39 is 16.8 Å². The van der Waals surface area contributed by atoms with Crippen molar-refractivity contribution in [3.63, 3.8) is 0 Å². The average Bonchev–Trinajstić information content (AvgIpc) is 3.51. The smallest absolute Gasteiger partial charge is 0.336 e. The van der Waals surface area contributed by atoms with Crippen LogP contribution in [0.3, 0.4) is 0 Å². The van der Waals surface area contributed by atoms with E-state index in [0.29, 0.717) is 29.1 Å². The fraction of sp³-hybridized carbons (Fsp3) is 0.345. The van der Waals surface area contributed by atoms with E-state index in [0.717, 1.165) is 37.6 Å². The first-order chi connectivity index (χ1) is 19.9. The Kier molecular flexibility index (Phi) is 8.29. The molecule has 1 saturated heterocycles. The topological polar surface area (TPSA) is 136 Å². The van der Waals surface area contributed by atoms with Gasteiger partial charge in [0.2, 0.25) is 12.3 Å². The van der Waals surface area contributed by atoms with Crippen LogP contribution in [0.1, 0.15) is 31.2 Å². The monoisotopic (exact) mass is 560 g/mol. The second kappa shape index (κ2) is 12.2. The number of carbonyl (C=O) groups is 1. The second-order valence-electron chi connectivity index (χ2n) is 9.83. The van der Waals surface area contributed by atoms with Gasteiger partial charge in [0.15, 0.2) is 0 Å². The zero-order valence-corrected chi connectivity index (χ0v) is 23.2. The van der Waals surface area contributed by atoms with Crippen LogP contribution in [-0.2, 0) is 9.53 Å². The highest BCUT2D eigenvalue weighted by Gasteiger charge is 2.40. The zero-order valence-electron chi connectivity index (χ0n) is 23.2. The quantitative estimate of drug-likeness (QED) is 0.233. The molecular formula is C29H32N6O6. The highest BCUT2D eigenvalue weighted by molar-refractivity contribution is 5.97. The van der Waals surface area contributed by atoms with Gasteiger partial charge in [-0.1, -0.05) is 30.3 Å². The van der Waals surface area contributed by atoms with E-state index >= 15 is 0 Å². The molecule has 214 valence electrons. The van der Waals surface area contributed by atoms with Crippen molar-refractivity contribution < 1.29 is 23.6 Å². The minimum absolute atomic E-state index is 0.116. The maximum Gasteiger partial charge on any atom is 0.336 e. The highest BCUT2D eigenvalue weighted by atomic mass is 16.6. The fourth-order valence-electron chi connectivity index (χ4n) is 5.50. The van der Waals surface area contributed by atoms with Crippen LogP contribution in [0.15, 0.2) is 76.3 Å². The van der Waals surface area contributed by atoms with E-state index in [1.807, 2.05) is 18.2 Å². The number of ether oxygens (including phenoxy) is 2. The Balaban J connectivity index is 1.30. The highest BCUT2D eigenvalue weighted by Crippen LogP contribution is 2.45. The number of allylic oxidation sites excluding steroid dienone is 3. The van der Waals surface area contributed by atoms with Crippen molar-refractivity contribution >= 4 is 22.9 Å². The molecule has 12 heteroatoms. The largest absolute Gasteiger partial charge is 0.495 e. The molecule has 0 spiro atoms. The first-order valence-electron chi connectivity index (χ1n) is 13.3. The molecule has 5 rings (SSSR count). The Labute approximate surface area is 237 Å². The Morgan fingerprint density at radius 2 is 1.83 bits per heavy atom. The summed E-state index contributed by atoms with van der Waals surface area (Å²) in [4.78, 5) is 29.7. The number of aromatic nitrogens is 2. The standard InChI is InChI=1S/C29H32N6O6/c1-19-25(28-32-30-18-41-28)27(21-8-4-5-9-22(21)35(37)38)26(20(2)31-19)29(36)40-17-16-33-12-14-34(15-13-33)23-10-6-7-11-24(23)39-3/h4-11,18,27,31H,12-17H2,1-3H3. The molecule has 12 nitrogen and oxygen atoms in total. The third-order valence-electron chi connectivity index (χ3n) is 7.45. The number of benzene rings is 2. The lowest BCUT2D eigenvalue weighted by atomic mass is 9.79. The number of methoxy groups -OCH3 is 1.